The molecule has 2 rings (SSSR count). The minimum absolute atomic E-state index is 0.747. The SMILES string of the molecule is COc1cccc([CH]c2cccc(Cl)c2)c1. The minimum atomic E-state index is 0.747. The van der Waals surface area contributed by atoms with E-state index in [4.69, 9.17) is 16.3 Å². The van der Waals surface area contributed by atoms with Crippen molar-refractivity contribution in [1.82, 2.24) is 0 Å². The topological polar surface area (TPSA) is 9.23 Å². The average molecular weight is 232 g/mol. The Balaban J connectivity index is 2.20. The van der Waals surface area contributed by atoms with Crippen LogP contribution >= 0.6 is 11.6 Å². The third-order valence-electron chi connectivity index (χ3n) is 2.28. The van der Waals surface area contributed by atoms with Gasteiger partial charge in [-0.15, -0.1) is 0 Å². The van der Waals surface area contributed by atoms with Gasteiger partial charge in [-0.05, 0) is 35.4 Å². The van der Waals surface area contributed by atoms with Crippen molar-refractivity contribution in [3.8, 4) is 5.75 Å². The highest BCUT2D eigenvalue weighted by molar-refractivity contribution is 6.30. The van der Waals surface area contributed by atoms with Gasteiger partial charge in [0.25, 0.3) is 0 Å². The van der Waals surface area contributed by atoms with Gasteiger partial charge in [-0.3, -0.25) is 0 Å². The van der Waals surface area contributed by atoms with Gasteiger partial charge < -0.3 is 4.74 Å². The zero-order valence-corrected chi connectivity index (χ0v) is 9.74. The predicted octanol–water partition coefficient (Wildman–Crippen LogP) is 3.95. The quantitative estimate of drug-likeness (QED) is 0.777. The highest BCUT2D eigenvalue weighted by Crippen LogP contribution is 2.19. The molecule has 2 aromatic rings. The first-order valence-electron chi connectivity index (χ1n) is 5.02. The number of rotatable bonds is 3. The van der Waals surface area contributed by atoms with E-state index in [1.807, 2.05) is 48.5 Å². The number of benzene rings is 2. The van der Waals surface area contributed by atoms with Gasteiger partial charge >= 0.3 is 0 Å². The molecule has 0 unspecified atom stereocenters. The molecule has 0 aliphatic heterocycles. The van der Waals surface area contributed by atoms with Crippen LogP contribution in [0.2, 0.25) is 5.02 Å². The molecule has 1 nitrogen and oxygen atoms in total. The second kappa shape index (κ2) is 5.04. The van der Waals surface area contributed by atoms with Crippen molar-refractivity contribution in [2.45, 2.75) is 0 Å². The molecule has 0 aliphatic rings. The minimum Gasteiger partial charge on any atom is -0.497 e. The lowest BCUT2D eigenvalue weighted by Gasteiger charge is -2.04. The van der Waals surface area contributed by atoms with Crippen molar-refractivity contribution >= 4 is 11.6 Å². The lowest BCUT2D eigenvalue weighted by molar-refractivity contribution is 0.414. The first kappa shape index (κ1) is 11.0. The highest BCUT2D eigenvalue weighted by Gasteiger charge is 1.99. The standard InChI is InChI=1S/C14H12ClO/c1-16-14-7-3-5-12(10-14)8-11-4-2-6-13(15)9-11/h2-10H,1H3. The number of methoxy groups -OCH3 is 1. The maximum Gasteiger partial charge on any atom is 0.119 e. The molecule has 1 radical (unpaired) electrons. The third kappa shape index (κ3) is 2.77. The molecule has 0 bridgehead atoms. The van der Waals surface area contributed by atoms with E-state index in [0.717, 1.165) is 21.9 Å². The maximum atomic E-state index is 5.92. The van der Waals surface area contributed by atoms with E-state index in [0.29, 0.717) is 0 Å². The summed E-state index contributed by atoms with van der Waals surface area (Å²) in [5.74, 6) is 0.857. The normalized spacial score (nSPS) is 10.1. The molecule has 0 aromatic heterocycles. The van der Waals surface area contributed by atoms with E-state index in [1.54, 1.807) is 7.11 Å². The Morgan fingerprint density at radius 3 is 2.38 bits per heavy atom. The summed E-state index contributed by atoms with van der Waals surface area (Å²) in [6.45, 7) is 0. The van der Waals surface area contributed by atoms with E-state index in [1.165, 1.54) is 0 Å². The van der Waals surface area contributed by atoms with Crippen LogP contribution in [0.25, 0.3) is 0 Å². The Labute approximate surface area is 101 Å². The van der Waals surface area contributed by atoms with Gasteiger partial charge in [0.05, 0.1) is 7.11 Å². The Bertz CT molecular complexity index is 480. The molecule has 0 aliphatic carbocycles. The van der Waals surface area contributed by atoms with Crippen molar-refractivity contribution in [2.24, 2.45) is 0 Å². The summed E-state index contributed by atoms with van der Waals surface area (Å²) in [5, 5.41) is 0.747. The summed E-state index contributed by atoms with van der Waals surface area (Å²) in [5.41, 5.74) is 2.18. The zero-order chi connectivity index (χ0) is 11.4. The van der Waals surface area contributed by atoms with Crippen LogP contribution in [0.1, 0.15) is 11.1 Å². The van der Waals surface area contributed by atoms with Gasteiger partial charge in [-0.2, -0.15) is 0 Å². The maximum absolute atomic E-state index is 5.92. The van der Waals surface area contributed by atoms with Crippen molar-refractivity contribution in [3.63, 3.8) is 0 Å². The molecule has 81 valence electrons. The summed E-state index contributed by atoms with van der Waals surface area (Å²) in [6.07, 6.45) is 2.06. The Morgan fingerprint density at radius 2 is 1.69 bits per heavy atom. The van der Waals surface area contributed by atoms with Crippen molar-refractivity contribution in [3.05, 3.63) is 71.1 Å². The fraction of sp³-hybridized carbons (Fsp3) is 0.0714. The van der Waals surface area contributed by atoms with Crippen LogP contribution < -0.4 is 4.74 Å². The first-order chi connectivity index (χ1) is 7.78. The molecule has 0 atom stereocenters. The van der Waals surface area contributed by atoms with Gasteiger partial charge in [0.1, 0.15) is 5.75 Å². The lowest BCUT2D eigenvalue weighted by atomic mass is 10.1. The summed E-state index contributed by atoms with van der Waals surface area (Å²) in [6, 6.07) is 15.7. The fourth-order valence-corrected chi connectivity index (χ4v) is 1.72. The summed E-state index contributed by atoms with van der Waals surface area (Å²) in [7, 11) is 1.67. The van der Waals surface area contributed by atoms with Crippen LogP contribution in [-0.4, -0.2) is 7.11 Å². The number of hydrogen-bond donors (Lipinski definition) is 0. The number of hydrogen-bond acceptors (Lipinski definition) is 1. The van der Waals surface area contributed by atoms with Crippen LogP contribution in [-0.2, 0) is 0 Å². The predicted molar refractivity (Wildman–Crippen MR) is 67.0 cm³/mol. The van der Waals surface area contributed by atoms with Gasteiger partial charge in [-0.25, -0.2) is 0 Å². The largest absolute Gasteiger partial charge is 0.497 e. The van der Waals surface area contributed by atoms with Crippen molar-refractivity contribution in [1.29, 1.82) is 0 Å². The third-order valence-corrected chi connectivity index (χ3v) is 2.51. The molecular formula is C14H12ClO. The molecule has 16 heavy (non-hydrogen) atoms. The highest BCUT2D eigenvalue weighted by atomic mass is 35.5. The van der Waals surface area contributed by atoms with E-state index >= 15 is 0 Å². The number of ether oxygens (including phenoxy) is 1. The Morgan fingerprint density at radius 1 is 1.00 bits per heavy atom. The first-order valence-corrected chi connectivity index (χ1v) is 5.40. The second-order valence-electron chi connectivity index (χ2n) is 3.48. The Hall–Kier alpha value is -1.47. The van der Waals surface area contributed by atoms with E-state index in [9.17, 15) is 0 Å². The summed E-state index contributed by atoms with van der Waals surface area (Å²) in [4.78, 5) is 0. The van der Waals surface area contributed by atoms with Gasteiger partial charge in [0.2, 0.25) is 0 Å². The molecule has 0 fully saturated rings. The molecular weight excluding hydrogens is 220 g/mol. The van der Waals surface area contributed by atoms with Gasteiger partial charge in [0, 0.05) is 11.4 Å². The molecule has 0 saturated heterocycles. The zero-order valence-electron chi connectivity index (χ0n) is 8.98. The van der Waals surface area contributed by atoms with Crippen LogP contribution in [0.15, 0.2) is 48.5 Å². The molecule has 2 heteroatoms. The van der Waals surface area contributed by atoms with Crippen LogP contribution in [0, 0.1) is 6.42 Å². The van der Waals surface area contributed by atoms with Crippen molar-refractivity contribution < 1.29 is 4.74 Å². The van der Waals surface area contributed by atoms with Gasteiger partial charge in [0.15, 0.2) is 0 Å². The van der Waals surface area contributed by atoms with Crippen LogP contribution in [0.4, 0.5) is 0 Å². The van der Waals surface area contributed by atoms with Crippen molar-refractivity contribution in [2.75, 3.05) is 7.11 Å². The van der Waals surface area contributed by atoms with E-state index in [-0.39, 0.29) is 0 Å². The van der Waals surface area contributed by atoms with Gasteiger partial charge in [-0.1, -0.05) is 35.9 Å². The smallest absolute Gasteiger partial charge is 0.119 e. The van der Waals surface area contributed by atoms with E-state index in [2.05, 4.69) is 6.42 Å². The molecule has 2 aromatic carbocycles. The second-order valence-corrected chi connectivity index (χ2v) is 3.91. The lowest BCUT2D eigenvalue weighted by Crippen LogP contribution is -1.87. The molecule has 0 amide bonds. The van der Waals surface area contributed by atoms with Crippen LogP contribution in [0.3, 0.4) is 0 Å². The summed E-state index contributed by atoms with van der Waals surface area (Å²) >= 11 is 5.92. The fourth-order valence-electron chi connectivity index (χ4n) is 1.52. The monoisotopic (exact) mass is 231 g/mol. The Kier molecular flexibility index (Phi) is 3.47. The molecule has 0 saturated carbocycles. The summed E-state index contributed by atoms with van der Waals surface area (Å²) < 4.78 is 5.17. The molecule has 0 heterocycles. The number of halogens is 1. The molecule has 0 N–H and O–H groups in total. The average Bonchev–Trinajstić information content (AvgIpc) is 2.29. The van der Waals surface area contributed by atoms with Crippen LogP contribution in [0.5, 0.6) is 5.75 Å². The van der Waals surface area contributed by atoms with E-state index < -0.39 is 0 Å². The molecule has 0 spiro atoms.